The molecule has 0 aliphatic carbocycles. The van der Waals surface area contributed by atoms with Gasteiger partial charge in [-0.2, -0.15) is 0 Å². The molecule has 2 atom stereocenters. The lowest BCUT2D eigenvalue weighted by Gasteiger charge is -2.18. The van der Waals surface area contributed by atoms with Crippen LogP contribution in [-0.4, -0.2) is 37.7 Å². The van der Waals surface area contributed by atoms with Gasteiger partial charge in [0.15, 0.2) is 0 Å². The molecule has 0 saturated carbocycles. The maximum atomic E-state index is 11.7. The molecule has 0 fully saturated rings. The second-order valence-electron chi connectivity index (χ2n) is 4.07. The third-order valence-electron chi connectivity index (χ3n) is 2.40. The molecule has 4 heteroatoms. The lowest BCUT2D eigenvalue weighted by molar-refractivity contribution is -0.123. The number of rotatable bonds is 9. The van der Waals surface area contributed by atoms with Gasteiger partial charge >= 0.3 is 0 Å². The summed E-state index contributed by atoms with van der Waals surface area (Å²) in [4.78, 5) is 11.7. The first-order valence-electron chi connectivity index (χ1n) is 6.23. The zero-order chi connectivity index (χ0) is 12.4. The average Bonchev–Trinajstić information content (AvgIpc) is 2.24. The fourth-order valence-electron chi connectivity index (χ4n) is 1.46. The van der Waals surface area contributed by atoms with Gasteiger partial charge in [0, 0.05) is 19.2 Å². The summed E-state index contributed by atoms with van der Waals surface area (Å²) in [6, 6.07) is 0.105. The maximum Gasteiger partial charge on any atom is 0.237 e. The van der Waals surface area contributed by atoms with Gasteiger partial charge in [-0.05, 0) is 27.2 Å². The normalized spacial score (nSPS) is 14.5. The fraction of sp³-hybridized carbons (Fsp3) is 0.917. The van der Waals surface area contributed by atoms with Crippen molar-refractivity contribution in [3.63, 3.8) is 0 Å². The molecule has 0 aromatic carbocycles. The first kappa shape index (κ1) is 15.4. The quantitative estimate of drug-likeness (QED) is 0.587. The predicted octanol–water partition coefficient (Wildman–Crippen LogP) is 1.31. The lowest BCUT2D eigenvalue weighted by atomic mass is 10.2. The molecular weight excluding hydrogens is 204 g/mol. The molecule has 0 rings (SSSR count). The van der Waals surface area contributed by atoms with E-state index in [1.54, 1.807) is 0 Å². The molecule has 0 aliphatic rings. The topological polar surface area (TPSA) is 50.4 Å². The van der Waals surface area contributed by atoms with Gasteiger partial charge in [-0.15, -0.1) is 0 Å². The third kappa shape index (κ3) is 7.65. The minimum absolute atomic E-state index is 0.0671. The highest BCUT2D eigenvalue weighted by Gasteiger charge is 2.13. The summed E-state index contributed by atoms with van der Waals surface area (Å²) < 4.78 is 5.19. The molecule has 96 valence electrons. The monoisotopic (exact) mass is 230 g/mol. The summed E-state index contributed by atoms with van der Waals surface area (Å²) in [5, 5.41) is 6.11. The Kier molecular flexibility index (Phi) is 9.24. The summed E-state index contributed by atoms with van der Waals surface area (Å²) in [5.41, 5.74) is 0. The molecule has 4 nitrogen and oxygen atoms in total. The Morgan fingerprint density at radius 1 is 1.31 bits per heavy atom. The number of hydrogen-bond acceptors (Lipinski definition) is 3. The second-order valence-corrected chi connectivity index (χ2v) is 4.07. The summed E-state index contributed by atoms with van der Waals surface area (Å²) in [5.74, 6) is 0.0671. The van der Waals surface area contributed by atoms with Gasteiger partial charge in [0.05, 0.1) is 12.6 Å². The number of nitrogens with one attached hydrogen (secondary N) is 2. The number of hydrogen-bond donors (Lipinski definition) is 2. The largest absolute Gasteiger partial charge is 0.380 e. The van der Waals surface area contributed by atoms with E-state index in [1.165, 1.54) is 0 Å². The van der Waals surface area contributed by atoms with E-state index in [9.17, 15) is 4.79 Å². The SMILES string of the molecule is CCCC(C)NC(=O)C(C)NCCOCC. The van der Waals surface area contributed by atoms with E-state index in [4.69, 9.17) is 4.74 Å². The van der Waals surface area contributed by atoms with Crippen molar-refractivity contribution in [3.8, 4) is 0 Å². The zero-order valence-corrected chi connectivity index (χ0v) is 11.0. The molecule has 2 unspecified atom stereocenters. The molecule has 16 heavy (non-hydrogen) atoms. The fourth-order valence-corrected chi connectivity index (χ4v) is 1.46. The van der Waals surface area contributed by atoms with E-state index in [0.717, 1.165) is 19.4 Å². The Hall–Kier alpha value is -0.610. The zero-order valence-electron chi connectivity index (χ0n) is 11.0. The minimum atomic E-state index is -0.153. The first-order chi connectivity index (χ1) is 7.61. The van der Waals surface area contributed by atoms with Crippen LogP contribution < -0.4 is 10.6 Å². The number of amides is 1. The van der Waals surface area contributed by atoms with Crippen molar-refractivity contribution in [1.29, 1.82) is 0 Å². The van der Waals surface area contributed by atoms with Crippen LogP contribution in [-0.2, 0) is 9.53 Å². The third-order valence-corrected chi connectivity index (χ3v) is 2.40. The van der Waals surface area contributed by atoms with Crippen LogP contribution >= 0.6 is 0 Å². The van der Waals surface area contributed by atoms with Crippen molar-refractivity contribution in [2.45, 2.75) is 52.6 Å². The predicted molar refractivity (Wildman–Crippen MR) is 66.5 cm³/mol. The van der Waals surface area contributed by atoms with E-state index < -0.39 is 0 Å². The van der Waals surface area contributed by atoms with Crippen molar-refractivity contribution >= 4 is 5.91 Å². The van der Waals surface area contributed by atoms with E-state index >= 15 is 0 Å². The van der Waals surface area contributed by atoms with E-state index in [0.29, 0.717) is 13.2 Å². The summed E-state index contributed by atoms with van der Waals surface area (Å²) in [6.45, 7) is 10.1. The standard InChI is InChI=1S/C12H26N2O2/c1-5-7-10(3)14-12(15)11(4)13-8-9-16-6-2/h10-11,13H,5-9H2,1-4H3,(H,14,15). The van der Waals surface area contributed by atoms with Crippen molar-refractivity contribution in [2.75, 3.05) is 19.8 Å². The maximum absolute atomic E-state index is 11.7. The van der Waals surface area contributed by atoms with Crippen molar-refractivity contribution < 1.29 is 9.53 Å². The highest BCUT2D eigenvalue weighted by molar-refractivity contribution is 5.81. The van der Waals surface area contributed by atoms with Gasteiger partial charge < -0.3 is 15.4 Å². The van der Waals surface area contributed by atoms with Crippen molar-refractivity contribution in [2.24, 2.45) is 0 Å². The molecule has 0 bridgehead atoms. The van der Waals surface area contributed by atoms with Crippen LogP contribution in [0.15, 0.2) is 0 Å². The molecule has 0 aromatic heterocycles. The highest BCUT2D eigenvalue weighted by Crippen LogP contribution is 1.95. The Balaban J connectivity index is 3.64. The molecule has 0 aliphatic heterocycles. The van der Waals surface area contributed by atoms with Crippen LogP contribution in [0.4, 0.5) is 0 Å². The number of carbonyl (C=O) groups excluding carboxylic acids is 1. The Morgan fingerprint density at radius 3 is 2.56 bits per heavy atom. The molecule has 0 radical (unpaired) electrons. The smallest absolute Gasteiger partial charge is 0.237 e. The lowest BCUT2D eigenvalue weighted by Crippen LogP contribution is -2.46. The van der Waals surface area contributed by atoms with Gasteiger partial charge in [0.2, 0.25) is 5.91 Å². The van der Waals surface area contributed by atoms with E-state index in [2.05, 4.69) is 17.6 Å². The Bertz CT molecular complexity index is 186. The van der Waals surface area contributed by atoms with E-state index in [-0.39, 0.29) is 18.0 Å². The second kappa shape index (κ2) is 9.60. The molecule has 0 heterocycles. The van der Waals surface area contributed by atoms with Crippen LogP contribution in [0, 0.1) is 0 Å². The first-order valence-corrected chi connectivity index (χ1v) is 6.23. The van der Waals surface area contributed by atoms with Crippen LogP contribution in [0.5, 0.6) is 0 Å². The minimum Gasteiger partial charge on any atom is -0.380 e. The molecule has 2 N–H and O–H groups in total. The van der Waals surface area contributed by atoms with Gasteiger partial charge in [-0.1, -0.05) is 13.3 Å². The van der Waals surface area contributed by atoms with Gasteiger partial charge in [-0.25, -0.2) is 0 Å². The Labute approximate surface area is 99.1 Å². The van der Waals surface area contributed by atoms with Crippen LogP contribution in [0.2, 0.25) is 0 Å². The van der Waals surface area contributed by atoms with Crippen molar-refractivity contribution in [1.82, 2.24) is 10.6 Å². The molecule has 0 spiro atoms. The van der Waals surface area contributed by atoms with Crippen LogP contribution in [0.25, 0.3) is 0 Å². The summed E-state index contributed by atoms with van der Waals surface area (Å²) >= 11 is 0. The summed E-state index contributed by atoms with van der Waals surface area (Å²) in [6.07, 6.45) is 2.12. The Morgan fingerprint density at radius 2 is 2.00 bits per heavy atom. The average molecular weight is 230 g/mol. The van der Waals surface area contributed by atoms with E-state index in [1.807, 2.05) is 20.8 Å². The van der Waals surface area contributed by atoms with Crippen LogP contribution in [0.3, 0.4) is 0 Å². The summed E-state index contributed by atoms with van der Waals surface area (Å²) in [7, 11) is 0. The highest BCUT2D eigenvalue weighted by atomic mass is 16.5. The molecule has 0 saturated heterocycles. The van der Waals surface area contributed by atoms with Crippen molar-refractivity contribution in [3.05, 3.63) is 0 Å². The molecule has 1 amide bonds. The molecular formula is C12H26N2O2. The van der Waals surface area contributed by atoms with Gasteiger partial charge in [-0.3, -0.25) is 4.79 Å². The molecule has 0 aromatic rings. The van der Waals surface area contributed by atoms with Crippen LogP contribution in [0.1, 0.15) is 40.5 Å². The number of carbonyl (C=O) groups is 1. The number of ether oxygens (including phenoxy) is 1. The van der Waals surface area contributed by atoms with Gasteiger partial charge in [0.1, 0.15) is 0 Å². The van der Waals surface area contributed by atoms with Gasteiger partial charge in [0.25, 0.3) is 0 Å².